The van der Waals surface area contributed by atoms with E-state index >= 15 is 0 Å². The normalized spacial score (nSPS) is 10.4. The Labute approximate surface area is 112 Å². The van der Waals surface area contributed by atoms with Crippen LogP contribution in [0.5, 0.6) is 11.6 Å². The van der Waals surface area contributed by atoms with Gasteiger partial charge in [0.05, 0.1) is 21.5 Å². The molecule has 1 heterocycles. The third-order valence-corrected chi connectivity index (χ3v) is 2.90. The lowest BCUT2D eigenvalue weighted by molar-refractivity contribution is 0.451. The van der Waals surface area contributed by atoms with Crippen molar-refractivity contribution < 1.29 is 9.13 Å². The summed E-state index contributed by atoms with van der Waals surface area (Å²) in [7, 11) is 0. The molecule has 0 aliphatic carbocycles. The van der Waals surface area contributed by atoms with Crippen LogP contribution in [0.3, 0.4) is 0 Å². The second-order valence-electron chi connectivity index (χ2n) is 3.81. The largest absolute Gasteiger partial charge is 0.435 e. The molecule has 0 saturated carbocycles. The number of halogens is 2. The van der Waals surface area contributed by atoms with Gasteiger partial charge in [0.1, 0.15) is 5.82 Å². The molecule has 0 unspecified atom stereocenters. The smallest absolute Gasteiger partial charge is 0.241 e. The summed E-state index contributed by atoms with van der Waals surface area (Å²) in [5.74, 6) is 0.0968. The van der Waals surface area contributed by atoms with E-state index in [0.29, 0.717) is 27.4 Å². The van der Waals surface area contributed by atoms with Crippen LogP contribution in [0, 0.1) is 19.7 Å². The summed E-state index contributed by atoms with van der Waals surface area (Å²) in [6.07, 6.45) is 1.63. The molecule has 0 spiro atoms. The second-order valence-corrected chi connectivity index (χ2v) is 4.66. The number of nitrogens with two attached hydrogens (primary N) is 1. The third kappa shape index (κ3) is 2.59. The van der Waals surface area contributed by atoms with Crippen LogP contribution in [0.25, 0.3) is 0 Å². The molecular weight excluding hydrogens is 301 g/mol. The number of nitrogens with zero attached hydrogens (tertiary/aromatic N) is 2. The zero-order valence-corrected chi connectivity index (χ0v) is 11.5. The molecule has 2 rings (SSSR count). The van der Waals surface area contributed by atoms with Gasteiger partial charge in [-0.15, -0.1) is 0 Å². The zero-order valence-electron chi connectivity index (χ0n) is 9.87. The zero-order chi connectivity index (χ0) is 13.3. The Morgan fingerprint density at radius 3 is 2.78 bits per heavy atom. The van der Waals surface area contributed by atoms with Crippen molar-refractivity contribution in [1.29, 1.82) is 0 Å². The molecule has 0 amide bonds. The molecular formula is C12H11BrFN3O. The van der Waals surface area contributed by atoms with E-state index in [2.05, 4.69) is 25.9 Å². The van der Waals surface area contributed by atoms with Gasteiger partial charge in [-0.2, -0.15) is 0 Å². The second kappa shape index (κ2) is 4.89. The summed E-state index contributed by atoms with van der Waals surface area (Å²) in [6, 6.07) is 2.66. The SMILES string of the molecule is Cc1cnc(C)c(Oc2cc(F)c(Br)cc2N)n1. The van der Waals surface area contributed by atoms with Crippen LogP contribution in [0.1, 0.15) is 11.4 Å². The molecule has 0 saturated heterocycles. The van der Waals surface area contributed by atoms with Crippen LogP contribution in [-0.2, 0) is 0 Å². The van der Waals surface area contributed by atoms with E-state index in [4.69, 9.17) is 10.5 Å². The number of benzene rings is 1. The van der Waals surface area contributed by atoms with Crippen molar-refractivity contribution in [2.45, 2.75) is 13.8 Å². The molecule has 18 heavy (non-hydrogen) atoms. The fourth-order valence-electron chi connectivity index (χ4n) is 1.35. The lowest BCUT2D eigenvalue weighted by atomic mass is 10.3. The third-order valence-electron chi connectivity index (χ3n) is 2.29. The van der Waals surface area contributed by atoms with Crippen LogP contribution in [-0.4, -0.2) is 9.97 Å². The van der Waals surface area contributed by atoms with Crippen molar-refractivity contribution in [3.63, 3.8) is 0 Å². The Balaban J connectivity index is 2.40. The van der Waals surface area contributed by atoms with E-state index in [9.17, 15) is 4.39 Å². The fourth-order valence-corrected chi connectivity index (χ4v) is 1.71. The van der Waals surface area contributed by atoms with Crippen molar-refractivity contribution >= 4 is 21.6 Å². The van der Waals surface area contributed by atoms with Gasteiger partial charge < -0.3 is 10.5 Å². The van der Waals surface area contributed by atoms with E-state index in [1.54, 1.807) is 20.0 Å². The van der Waals surface area contributed by atoms with Crippen molar-refractivity contribution in [2.24, 2.45) is 0 Å². The fraction of sp³-hybridized carbons (Fsp3) is 0.167. The first-order valence-corrected chi connectivity index (χ1v) is 5.99. The van der Waals surface area contributed by atoms with E-state index in [1.165, 1.54) is 12.1 Å². The number of hydrogen-bond acceptors (Lipinski definition) is 4. The molecule has 1 aromatic heterocycles. The molecule has 94 valence electrons. The maximum absolute atomic E-state index is 13.4. The summed E-state index contributed by atoms with van der Waals surface area (Å²) in [5, 5.41) is 0. The van der Waals surface area contributed by atoms with Gasteiger partial charge in [-0.1, -0.05) is 0 Å². The summed E-state index contributed by atoms with van der Waals surface area (Å²) < 4.78 is 19.2. The van der Waals surface area contributed by atoms with Gasteiger partial charge in [0.2, 0.25) is 5.88 Å². The van der Waals surface area contributed by atoms with E-state index in [0.717, 1.165) is 0 Å². The number of anilines is 1. The Kier molecular flexibility index (Phi) is 3.47. The predicted molar refractivity (Wildman–Crippen MR) is 70.1 cm³/mol. The van der Waals surface area contributed by atoms with Crippen LogP contribution in [0.2, 0.25) is 0 Å². The molecule has 6 heteroatoms. The number of rotatable bonds is 2. The van der Waals surface area contributed by atoms with Crippen LogP contribution in [0.4, 0.5) is 10.1 Å². The monoisotopic (exact) mass is 311 g/mol. The average molecular weight is 312 g/mol. The van der Waals surface area contributed by atoms with Gasteiger partial charge in [0.25, 0.3) is 0 Å². The van der Waals surface area contributed by atoms with Crippen LogP contribution in [0.15, 0.2) is 22.8 Å². The Morgan fingerprint density at radius 1 is 1.33 bits per heavy atom. The molecule has 1 aromatic carbocycles. The minimum Gasteiger partial charge on any atom is -0.435 e. The lowest BCUT2D eigenvalue weighted by Gasteiger charge is -2.10. The van der Waals surface area contributed by atoms with Gasteiger partial charge in [0.15, 0.2) is 5.75 Å². The van der Waals surface area contributed by atoms with Gasteiger partial charge in [0, 0.05) is 12.3 Å². The number of hydrogen-bond donors (Lipinski definition) is 1. The topological polar surface area (TPSA) is 61.0 Å². The highest BCUT2D eigenvalue weighted by molar-refractivity contribution is 9.10. The average Bonchev–Trinajstić information content (AvgIpc) is 2.30. The highest BCUT2D eigenvalue weighted by atomic mass is 79.9. The Hall–Kier alpha value is -1.69. The summed E-state index contributed by atoms with van der Waals surface area (Å²) in [5.41, 5.74) is 7.41. The van der Waals surface area contributed by atoms with Gasteiger partial charge in [-0.25, -0.2) is 9.37 Å². The molecule has 0 aliphatic rings. The first kappa shape index (κ1) is 12.8. The van der Waals surface area contributed by atoms with Crippen molar-refractivity contribution in [3.8, 4) is 11.6 Å². The first-order chi connectivity index (χ1) is 8.47. The van der Waals surface area contributed by atoms with Gasteiger partial charge in [-0.3, -0.25) is 4.98 Å². The molecule has 0 atom stereocenters. The maximum atomic E-state index is 13.4. The quantitative estimate of drug-likeness (QED) is 0.864. The van der Waals surface area contributed by atoms with E-state index in [1.807, 2.05) is 0 Å². The van der Waals surface area contributed by atoms with Gasteiger partial charge >= 0.3 is 0 Å². The number of aromatic nitrogens is 2. The standard InChI is InChI=1S/C12H11BrFN3O/c1-6-5-16-7(2)12(17-6)18-11-4-9(14)8(13)3-10(11)15/h3-5H,15H2,1-2H3. The molecule has 0 radical (unpaired) electrons. The number of ether oxygens (including phenoxy) is 1. The minimum absolute atomic E-state index is 0.221. The highest BCUT2D eigenvalue weighted by Crippen LogP contribution is 2.32. The molecule has 0 fully saturated rings. The van der Waals surface area contributed by atoms with Crippen molar-refractivity contribution in [3.05, 3.63) is 40.0 Å². The highest BCUT2D eigenvalue weighted by Gasteiger charge is 2.11. The molecule has 0 aliphatic heterocycles. The summed E-state index contributed by atoms with van der Waals surface area (Å²) in [6.45, 7) is 3.55. The Bertz CT molecular complexity index is 604. The van der Waals surface area contributed by atoms with Gasteiger partial charge in [-0.05, 0) is 35.8 Å². The Morgan fingerprint density at radius 2 is 2.06 bits per heavy atom. The number of aryl methyl sites for hydroxylation is 2. The maximum Gasteiger partial charge on any atom is 0.241 e. The molecule has 2 N–H and O–H groups in total. The number of nitrogen functional groups attached to an aromatic ring is 1. The first-order valence-electron chi connectivity index (χ1n) is 5.20. The van der Waals surface area contributed by atoms with Crippen LogP contribution < -0.4 is 10.5 Å². The van der Waals surface area contributed by atoms with E-state index < -0.39 is 5.82 Å². The van der Waals surface area contributed by atoms with Crippen molar-refractivity contribution in [1.82, 2.24) is 9.97 Å². The minimum atomic E-state index is -0.447. The molecule has 2 aromatic rings. The van der Waals surface area contributed by atoms with Crippen LogP contribution >= 0.6 is 15.9 Å². The lowest BCUT2D eigenvalue weighted by Crippen LogP contribution is -1.99. The molecule has 4 nitrogen and oxygen atoms in total. The predicted octanol–water partition coefficient (Wildman–Crippen LogP) is 3.37. The summed E-state index contributed by atoms with van der Waals surface area (Å²) >= 11 is 3.05. The molecule has 0 bridgehead atoms. The van der Waals surface area contributed by atoms with E-state index in [-0.39, 0.29) is 5.75 Å². The summed E-state index contributed by atoms with van der Waals surface area (Å²) in [4.78, 5) is 8.30. The van der Waals surface area contributed by atoms with Crippen molar-refractivity contribution in [2.75, 3.05) is 5.73 Å².